The predicted octanol–water partition coefficient (Wildman–Crippen LogP) is 1.31. The summed E-state index contributed by atoms with van der Waals surface area (Å²) >= 11 is 0. The smallest absolute Gasteiger partial charge is 0.253 e. The van der Waals surface area contributed by atoms with E-state index in [4.69, 9.17) is 4.42 Å². The van der Waals surface area contributed by atoms with Crippen molar-refractivity contribution in [1.29, 1.82) is 0 Å². The number of pyridine rings is 1. The van der Waals surface area contributed by atoms with Crippen LogP contribution in [0.2, 0.25) is 0 Å². The van der Waals surface area contributed by atoms with Crippen molar-refractivity contribution in [2.24, 2.45) is 0 Å². The van der Waals surface area contributed by atoms with Gasteiger partial charge in [-0.1, -0.05) is 0 Å². The monoisotopic (exact) mass is 248 g/mol. The van der Waals surface area contributed by atoms with Gasteiger partial charge in [-0.15, -0.1) is 10.2 Å². The Morgan fingerprint density at radius 3 is 2.83 bits per heavy atom. The van der Waals surface area contributed by atoms with Crippen molar-refractivity contribution < 1.29 is 4.42 Å². The summed E-state index contributed by atoms with van der Waals surface area (Å²) in [5.41, 5.74) is 0.207. The topological polar surface area (TPSA) is 83.8 Å². The highest BCUT2D eigenvalue weighted by Crippen LogP contribution is 2.12. The Balaban J connectivity index is 2.16. The summed E-state index contributed by atoms with van der Waals surface area (Å²) in [4.78, 5) is 14.4. The second kappa shape index (κ2) is 4.73. The van der Waals surface area contributed by atoms with E-state index >= 15 is 0 Å². The van der Waals surface area contributed by atoms with Gasteiger partial charge in [0.25, 0.3) is 5.89 Å². The minimum Gasteiger partial charge on any atom is -0.419 e. The quantitative estimate of drug-likeness (QED) is 0.855. The van der Waals surface area contributed by atoms with Crippen LogP contribution in [0, 0.1) is 0 Å². The molecule has 0 unspecified atom stereocenters. The zero-order valence-electron chi connectivity index (χ0n) is 10.7. The average Bonchev–Trinajstić information content (AvgIpc) is 2.75. The van der Waals surface area contributed by atoms with Crippen LogP contribution in [0.5, 0.6) is 0 Å². The van der Waals surface area contributed by atoms with Crippen LogP contribution >= 0.6 is 0 Å². The van der Waals surface area contributed by atoms with Crippen LogP contribution in [-0.2, 0) is 6.54 Å². The minimum atomic E-state index is -0.146. The van der Waals surface area contributed by atoms with Crippen molar-refractivity contribution in [3.8, 4) is 11.5 Å². The molecule has 0 spiro atoms. The summed E-state index contributed by atoms with van der Waals surface area (Å²) in [6, 6.07) is 1.42. The largest absolute Gasteiger partial charge is 0.419 e. The molecular weight excluding hydrogens is 232 g/mol. The molecule has 0 radical (unpaired) electrons. The summed E-state index contributed by atoms with van der Waals surface area (Å²) in [6.45, 7) is 6.62. The normalized spacial score (nSPS) is 11.7. The molecule has 0 aromatic carbocycles. The Kier molecular flexibility index (Phi) is 3.29. The lowest BCUT2D eigenvalue weighted by Gasteiger charge is -2.18. The lowest BCUT2D eigenvalue weighted by molar-refractivity contribution is 0.383. The summed E-state index contributed by atoms with van der Waals surface area (Å²) in [6.07, 6.45) is 3.11. The van der Waals surface area contributed by atoms with Gasteiger partial charge in [-0.25, -0.2) is 0 Å². The number of rotatable bonds is 3. The minimum absolute atomic E-state index is 0.0289. The molecule has 0 bridgehead atoms. The van der Waals surface area contributed by atoms with Gasteiger partial charge in [0.2, 0.25) is 5.89 Å². The molecule has 0 saturated carbocycles. The van der Waals surface area contributed by atoms with Crippen LogP contribution in [0.1, 0.15) is 26.7 Å². The molecule has 0 atom stereocenters. The van der Waals surface area contributed by atoms with Gasteiger partial charge in [0.15, 0.2) is 5.43 Å². The molecule has 6 heteroatoms. The van der Waals surface area contributed by atoms with Crippen LogP contribution in [-0.4, -0.2) is 20.7 Å². The number of aromatic amines is 1. The molecule has 0 saturated heterocycles. The maximum atomic E-state index is 11.6. The summed E-state index contributed by atoms with van der Waals surface area (Å²) < 4.78 is 5.44. The third-order valence-corrected chi connectivity index (χ3v) is 2.29. The average molecular weight is 248 g/mol. The molecule has 96 valence electrons. The van der Waals surface area contributed by atoms with Crippen LogP contribution in [0.3, 0.4) is 0 Å². The highest BCUT2D eigenvalue weighted by molar-refractivity contribution is 5.49. The Morgan fingerprint density at radius 2 is 2.17 bits per heavy atom. The van der Waals surface area contributed by atoms with Gasteiger partial charge in [0.05, 0.1) is 6.54 Å². The van der Waals surface area contributed by atoms with Gasteiger partial charge >= 0.3 is 0 Å². The lowest BCUT2D eigenvalue weighted by atomic mass is 10.1. The highest BCUT2D eigenvalue weighted by Gasteiger charge is 2.14. The van der Waals surface area contributed by atoms with Gasteiger partial charge < -0.3 is 14.7 Å². The predicted molar refractivity (Wildman–Crippen MR) is 66.9 cm³/mol. The van der Waals surface area contributed by atoms with Crippen LogP contribution in [0.15, 0.2) is 27.7 Å². The van der Waals surface area contributed by atoms with E-state index in [2.05, 4.69) is 20.5 Å². The van der Waals surface area contributed by atoms with E-state index in [1.54, 1.807) is 12.4 Å². The van der Waals surface area contributed by atoms with E-state index in [1.165, 1.54) is 6.07 Å². The molecule has 0 amide bonds. The molecule has 0 aliphatic rings. The molecule has 0 aliphatic carbocycles. The zero-order valence-corrected chi connectivity index (χ0v) is 10.7. The fourth-order valence-corrected chi connectivity index (χ4v) is 1.36. The van der Waals surface area contributed by atoms with Crippen LogP contribution < -0.4 is 10.7 Å². The van der Waals surface area contributed by atoms with Crippen molar-refractivity contribution in [2.45, 2.75) is 32.9 Å². The second-order valence-corrected chi connectivity index (χ2v) is 5.03. The van der Waals surface area contributed by atoms with Gasteiger partial charge in [-0.05, 0) is 20.8 Å². The zero-order chi connectivity index (χ0) is 13.2. The van der Waals surface area contributed by atoms with Crippen molar-refractivity contribution in [2.75, 3.05) is 0 Å². The molecule has 0 fully saturated rings. The number of hydrogen-bond acceptors (Lipinski definition) is 5. The molecule has 2 heterocycles. The standard InChI is InChI=1S/C12H16N4O2/c1-12(2,3)14-7-10-15-16-11(18-10)8-6-13-5-4-9(8)17/h4-6,14H,7H2,1-3H3,(H,13,17). The van der Waals surface area contributed by atoms with Crippen molar-refractivity contribution in [1.82, 2.24) is 20.5 Å². The lowest BCUT2D eigenvalue weighted by Crippen LogP contribution is -2.35. The van der Waals surface area contributed by atoms with Crippen LogP contribution in [0.25, 0.3) is 11.5 Å². The fourth-order valence-electron chi connectivity index (χ4n) is 1.36. The van der Waals surface area contributed by atoms with Crippen molar-refractivity contribution in [3.63, 3.8) is 0 Å². The first-order chi connectivity index (χ1) is 8.46. The maximum absolute atomic E-state index is 11.6. The SMILES string of the molecule is CC(C)(C)NCc1nnc(-c2c[nH]ccc2=O)o1. The molecule has 6 nitrogen and oxygen atoms in total. The van der Waals surface area contributed by atoms with E-state index in [-0.39, 0.29) is 16.9 Å². The number of aromatic nitrogens is 3. The molecule has 0 aliphatic heterocycles. The van der Waals surface area contributed by atoms with Crippen LogP contribution in [0.4, 0.5) is 0 Å². The first kappa shape index (κ1) is 12.5. The number of hydrogen-bond donors (Lipinski definition) is 2. The first-order valence-corrected chi connectivity index (χ1v) is 5.70. The molecule has 2 rings (SSSR count). The number of nitrogens with zero attached hydrogens (tertiary/aromatic N) is 2. The third kappa shape index (κ3) is 3.04. The molecule has 18 heavy (non-hydrogen) atoms. The van der Waals surface area contributed by atoms with Gasteiger partial charge in [0, 0.05) is 24.0 Å². The number of nitrogens with one attached hydrogen (secondary N) is 2. The molecule has 2 N–H and O–H groups in total. The highest BCUT2D eigenvalue weighted by atomic mass is 16.4. The Morgan fingerprint density at radius 1 is 1.39 bits per heavy atom. The fraction of sp³-hybridized carbons (Fsp3) is 0.417. The van der Waals surface area contributed by atoms with E-state index < -0.39 is 0 Å². The van der Waals surface area contributed by atoms with E-state index in [0.29, 0.717) is 18.0 Å². The molecule has 2 aromatic rings. The summed E-state index contributed by atoms with van der Waals surface area (Å²) in [5, 5.41) is 11.0. The summed E-state index contributed by atoms with van der Waals surface area (Å²) in [7, 11) is 0. The van der Waals surface area contributed by atoms with Crippen molar-refractivity contribution in [3.05, 3.63) is 34.6 Å². The summed E-state index contributed by atoms with van der Waals surface area (Å²) in [5.74, 6) is 0.700. The number of H-pyrrole nitrogens is 1. The van der Waals surface area contributed by atoms with E-state index in [1.807, 2.05) is 20.8 Å². The Labute approximate surface area is 104 Å². The van der Waals surface area contributed by atoms with Gasteiger partial charge in [-0.2, -0.15) is 0 Å². The van der Waals surface area contributed by atoms with E-state index in [9.17, 15) is 4.79 Å². The Hall–Kier alpha value is -1.95. The van der Waals surface area contributed by atoms with Gasteiger partial charge in [-0.3, -0.25) is 4.79 Å². The first-order valence-electron chi connectivity index (χ1n) is 5.70. The Bertz CT molecular complexity index is 580. The van der Waals surface area contributed by atoms with Crippen molar-refractivity contribution >= 4 is 0 Å². The molecular formula is C12H16N4O2. The second-order valence-electron chi connectivity index (χ2n) is 5.03. The third-order valence-electron chi connectivity index (χ3n) is 2.29. The van der Waals surface area contributed by atoms with Gasteiger partial charge in [0.1, 0.15) is 5.56 Å². The van der Waals surface area contributed by atoms with E-state index in [0.717, 1.165) is 0 Å². The maximum Gasteiger partial charge on any atom is 0.253 e. The molecule has 2 aromatic heterocycles.